The molecule has 0 fully saturated rings. The smallest absolute Gasteiger partial charge is 0.163 e. The number of rotatable bonds is 5. The summed E-state index contributed by atoms with van der Waals surface area (Å²) < 4.78 is 26.9. The summed E-state index contributed by atoms with van der Waals surface area (Å²) in [6.07, 6.45) is 2.86. The highest BCUT2D eigenvalue weighted by Crippen LogP contribution is 2.21. The van der Waals surface area contributed by atoms with Crippen LogP contribution in [0.4, 0.5) is 8.78 Å². The first kappa shape index (κ1) is 13.8. The lowest BCUT2D eigenvalue weighted by Crippen LogP contribution is -2.22. The van der Waals surface area contributed by atoms with Gasteiger partial charge >= 0.3 is 0 Å². The van der Waals surface area contributed by atoms with Crippen molar-refractivity contribution in [3.63, 3.8) is 0 Å². The fourth-order valence-corrected chi connectivity index (χ4v) is 1.65. The van der Waals surface area contributed by atoms with E-state index in [0.29, 0.717) is 5.56 Å². The van der Waals surface area contributed by atoms with Crippen LogP contribution in [-0.4, -0.2) is 6.54 Å². The molecule has 1 rings (SSSR count). The molecule has 0 saturated carbocycles. The number of nitrogens with one attached hydrogen (secondary N) is 1. The summed E-state index contributed by atoms with van der Waals surface area (Å²) in [6.45, 7) is 6.69. The Hall–Kier alpha value is -1.22. The van der Waals surface area contributed by atoms with Crippen LogP contribution in [0.3, 0.4) is 0 Å². The van der Waals surface area contributed by atoms with E-state index in [2.05, 4.69) is 5.32 Å². The molecular weight excluding hydrogens is 220 g/mol. The molecule has 94 valence electrons. The highest BCUT2D eigenvalue weighted by Gasteiger charge is 2.15. The fourth-order valence-electron chi connectivity index (χ4n) is 1.65. The van der Waals surface area contributed by atoms with Crippen molar-refractivity contribution in [2.45, 2.75) is 33.2 Å². The van der Waals surface area contributed by atoms with Crippen molar-refractivity contribution in [1.29, 1.82) is 0 Å². The van der Waals surface area contributed by atoms with Crippen molar-refractivity contribution >= 4 is 0 Å². The van der Waals surface area contributed by atoms with E-state index in [1.165, 1.54) is 6.07 Å². The molecule has 17 heavy (non-hydrogen) atoms. The van der Waals surface area contributed by atoms with Crippen LogP contribution in [0.5, 0.6) is 0 Å². The average molecular weight is 239 g/mol. The fraction of sp³-hybridized carbons (Fsp3) is 0.429. The Morgan fingerprint density at radius 3 is 2.65 bits per heavy atom. The molecular formula is C14H19F2N. The van der Waals surface area contributed by atoms with E-state index < -0.39 is 11.6 Å². The van der Waals surface area contributed by atoms with Gasteiger partial charge < -0.3 is 5.32 Å². The van der Waals surface area contributed by atoms with Crippen molar-refractivity contribution in [3.05, 3.63) is 47.0 Å². The van der Waals surface area contributed by atoms with Gasteiger partial charge in [-0.1, -0.05) is 30.7 Å². The van der Waals surface area contributed by atoms with E-state index >= 15 is 0 Å². The van der Waals surface area contributed by atoms with Crippen LogP contribution in [0.1, 0.15) is 38.8 Å². The van der Waals surface area contributed by atoms with Crippen LogP contribution < -0.4 is 5.32 Å². The molecule has 1 atom stereocenters. The quantitative estimate of drug-likeness (QED) is 0.766. The summed E-state index contributed by atoms with van der Waals surface area (Å²) in [7, 11) is 0. The number of hydrogen-bond donors (Lipinski definition) is 1. The monoisotopic (exact) mass is 239 g/mol. The number of halogens is 2. The molecule has 1 unspecified atom stereocenters. The summed E-state index contributed by atoms with van der Waals surface area (Å²) >= 11 is 0. The molecule has 0 radical (unpaired) electrons. The van der Waals surface area contributed by atoms with E-state index in [1.54, 1.807) is 6.07 Å². The minimum absolute atomic E-state index is 0.268. The van der Waals surface area contributed by atoms with Crippen molar-refractivity contribution in [3.8, 4) is 0 Å². The van der Waals surface area contributed by atoms with Gasteiger partial charge in [-0.25, -0.2) is 8.78 Å². The van der Waals surface area contributed by atoms with Crippen molar-refractivity contribution in [2.75, 3.05) is 6.54 Å². The van der Waals surface area contributed by atoms with Crippen molar-refractivity contribution in [2.24, 2.45) is 0 Å². The molecule has 0 aliphatic carbocycles. The van der Waals surface area contributed by atoms with E-state index in [4.69, 9.17) is 0 Å². The van der Waals surface area contributed by atoms with Crippen molar-refractivity contribution in [1.82, 2.24) is 5.32 Å². The third kappa shape index (κ3) is 3.93. The predicted octanol–water partition coefficient (Wildman–Crippen LogP) is 3.97. The van der Waals surface area contributed by atoms with Gasteiger partial charge in [-0.15, -0.1) is 0 Å². The topological polar surface area (TPSA) is 12.0 Å². The molecule has 0 aliphatic heterocycles. The van der Waals surface area contributed by atoms with Gasteiger partial charge in [-0.05, 0) is 32.9 Å². The second-order valence-corrected chi connectivity index (χ2v) is 4.32. The molecule has 0 heterocycles. The molecule has 1 N–H and O–H groups in total. The Kier molecular flexibility index (Phi) is 5.29. The summed E-state index contributed by atoms with van der Waals surface area (Å²) in [5, 5.41) is 3.20. The number of hydrogen-bond acceptors (Lipinski definition) is 1. The average Bonchev–Trinajstić information content (AvgIpc) is 2.28. The van der Waals surface area contributed by atoms with Crippen LogP contribution in [0.15, 0.2) is 29.8 Å². The Labute approximate surface area is 102 Å². The zero-order valence-corrected chi connectivity index (χ0v) is 10.6. The summed E-state index contributed by atoms with van der Waals surface area (Å²) in [4.78, 5) is 0. The third-order valence-electron chi connectivity index (χ3n) is 2.43. The second kappa shape index (κ2) is 6.50. The van der Waals surface area contributed by atoms with Gasteiger partial charge in [0.15, 0.2) is 11.6 Å². The van der Waals surface area contributed by atoms with E-state index in [9.17, 15) is 8.78 Å². The number of benzene rings is 1. The summed E-state index contributed by atoms with van der Waals surface area (Å²) in [5.41, 5.74) is 1.43. The maximum absolute atomic E-state index is 13.7. The van der Waals surface area contributed by atoms with Crippen LogP contribution >= 0.6 is 0 Å². The van der Waals surface area contributed by atoms with Gasteiger partial charge in [0, 0.05) is 5.56 Å². The first-order chi connectivity index (χ1) is 8.06. The molecule has 0 aromatic heterocycles. The van der Waals surface area contributed by atoms with E-state index in [-0.39, 0.29) is 6.04 Å². The molecule has 0 bridgehead atoms. The third-order valence-corrected chi connectivity index (χ3v) is 2.43. The first-order valence-electron chi connectivity index (χ1n) is 5.88. The highest BCUT2D eigenvalue weighted by molar-refractivity contribution is 5.26. The number of allylic oxidation sites excluding steroid dienone is 1. The van der Waals surface area contributed by atoms with Gasteiger partial charge in [0.25, 0.3) is 0 Å². The summed E-state index contributed by atoms with van der Waals surface area (Å²) in [6, 6.07) is 4.02. The van der Waals surface area contributed by atoms with Crippen molar-refractivity contribution < 1.29 is 8.78 Å². The normalized spacial score (nSPS) is 12.3. The molecule has 1 aromatic carbocycles. The Morgan fingerprint density at radius 1 is 1.35 bits per heavy atom. The highest BCUT2D eigenvalue weighted by atomic mass is 19.2. The Balaban J connectivity index is 3.03. The van der Waals surface area contributed by atoms with Gasteiger partial charge in [0.1, 0.15) is 0 Å². The van der Waals surface area contributed by atoms with E-state index in [0.717, 1.165) is 24.6 Å². The molecule has 1 nitrogen and oxygen atoms in total. The minimum Gasteiger partial charge on any atom is -0.307 e. The van der Waals surface area contributed by atoms with Crippen LogP contribution in [-0.2, 0) is 0 Å². The zero-order chi connectivity index (χ0) is 12.8. The SMILES string of the molecule is CCCNC(C=C(C)C)c1cccc(F)c1F. The summed E-state index contributed by atoms with van der Waals surface area (Å²) in [5.74, 6) is -1.56. The predicted molar refractivity (Wildman–Crippen MR) is 66.8 cm³/mol. The lowest BCUT2D eigenvalue weighted by atomic mass is 10.0. The molecule has 3 heteroatoms. The largest absolute Gasteiger partial charge is 0.307 e. The van der Waals surface area contributed by atoms with E-state index in [1.807, 2.05) is 26.8 Å². The standard InChI is InChI=1S/C14H19F2N/c1-4-8-17-13(9-10(2)3)11-6-5-7-12(15)14(11)16/h5-7,9,13,17H,4,8H2,1-3H3. The van der Waals surface area contributed by atoms with Gasteiger partial charge in [0.2, 0.25) is 0 Å². The van der Waals surface area contributed by atoms with Gasteiger partial charge in [-0.3, -0.25) is 0 Å². The van der Waals surface area contributed by atoms with Gasteiger partial charge in [0.05, 0.1) is 6.04 Å². The maximum Gasteiger partial charge on any atom is 0.163 e. The zero-order valence-electron chi connectivity index (χ0n) is 10.6. The van der Waals surface area contributed by atoms with Crippen LogP contribution in [0.2, 0.25) is 0 Å². The lowest BCUT2D eigenvalue weighted by molar-refractivity contribution is 0.482. The molecule has 0 aliphatic rings. The van der Waals surface area contributed by atoms with Gasteiger partial charge in [-0.2, -0.15) is 0 Å². The Bertz CT molecular complexity index is 395. The lowest BCUT2D eigenvalue weighted by Gasteiger charge is -2.16. The maximum atomic E-state index is 13.7. The molecule has 0 spiro atoms. The first-order valence-corrected chi connectivity index (χ1v) is 5.88. The molecule has 1 aromatic rings. The molecule has 0 amide bonds. The molecule has 0 saturated heterocycles. The van der Waals surface area contributed by atoms with Crippen LogP contribution in [0.25, 0.3) is 0 Å². The van der Waals surface area contributed by atoms with Crippen LogP contribution in [0, 0.1) is 11.6 Å². The second-order valence-electron chi connectivity index (χ2n) is 4.32. The minimum atomic E-state index is -0.798. The Morgan fingerprint density at radius 2 is 2.06 bits per heavy atom.